The summed E-state index contributed by atoms with van der Waals surface area (Å²) in [4.78, 5) is 12.7. The summed E-state index contributed by atoms with van der Waals surface area (Å²) in [5.74, 6) is -0.760. The van der Waals surface area contributed by atoms with Crippen LogP contribution < -0.4 is 19.6 Å². The molecular formula is C28H33ClO16. The molecule has 0 saturated carbocycles. The minimum absolute atomic E-state index is 0. The molecule has 3 heterocycles. The van der Waals surface area contributed by atoms with E-state index in [-0.39, 0.29) is 58.1 Å². The van der Waals surface area contributed by atoms with Crippen molar-refractivity contribution in [2.75, 3.05) is 20.3 Å². The van der Waals surface area contributed by atoms with Gasteiger partial charge in [0.1, 0.15) is 60.3 Å². The van der Waals surface area contributed by atoms with E-state index in [0.717, 1.165) is 12.1 Å². The maximum Gasteiger partial charge on any atom is 0.229 e. The lowest BCUT2D eigenvalue weighted by atomic mass is 9.99. The molecule has 9 N–H and O–H groups in total. The molecule has 17 heteroatoms. The average molecular weight is 661 g/mol. The first kappa shape index (κ1) is 34.6. The number of aromatic hydroxyl groups is 1. The molecule has 0 bridgehead atoms. The number of aliphatic hydroxyl groups excluding tert-OH is 8. The van der Waals surface area contributed by atoms with Crippen LogP contribution in [0.3, 0.4) is 0 Å². The lowest BCUT2D eigenvalue weighted by Crippen LogP contribution is -2.60. The number of hydrogen-bond acceptors (Lipinski definition) is 16. The molecule has 0 radical (unpaired) electrons. The second-order valence-corrected chi connectivity index (χ2v) is 10.3. The Balaban J connectivity index is 0.00000461. The Morgan fingerprint density at radius 3 is 1.80 bits per heavy atom. The molecule has 45 heavy (non-hydrogen) atoms. The lowest BCUT2D eigenvalue weighted by Gasteiger charge is -2.40. The van der Waals surface area contributed by atoms with E-state index >= 15 is 0 Å². The van der Waals surface area contributed by atoms with Gasteiger partial charge in [-0.25, -0.2) is 0 Å². The largest absolute Gasteiger partial charge is 0.504 e. The topological polar surface area (TPSA) is 258 Å². The van der Waals surface area contributed by atoms with Crippen LogP contribution in [0.2, 0.25) is 0 Å². The first-order valence-electron chi connectivity index (χ1n) is 13.4. The van der Waals surface area contributed by atoms with Gasteiger partial charge in [-0.1, -0.05) is 0 Å². The average Bonchev–Trinajstić information content (AvgIpc) is 3.01. The number of methoxy groups -OCH3 is 1. The Labute approximate surface area is 260 Å². The Morgan fingerprint density at radius 1 is 0.711 bits per heavy atom. The third-order valence-corrected chi connectivity index (χ3v) is 7.41. The third kappa shape index (κ3) is 6.67. The van der Waals surface area contributed by atoms with E-state index in [1.54, 1.807) is 0 Å². The van der Waals surface area contributed by atoms with Crippen LogP contribution in [0.1, 0.15) is 0 Å². The zero-order valence-corrected chi connectivity index (χ0v) is 24.3. The summed E-state index contributed by atoms with van der Waals surface area (Å²) in [6.45, 7) is -1.45. The van der Waals surface area contributed by atoms with Crippen molar-refractivity contribution in [1.29, 1.82) is 0 Å². The summed E-state index contributed by atoms with van der Waals surface area (Å²) >= 11 is 0. The normalized spacial score (nSPS) is 31.7. The van der Waals surface area contributed by atoms with Crippen molar-refractivity contribution in [2.24, 2.45) is 0 Å². The highest BCUT2D eigenvalue weighted by Crippen LogP contribution is 2.44. The molecular weight excluding hydrogens is 628 g/mol. The minimum Gasteiger partial charge on any atom is -0.504 e. The van der Waals surface area contributed by atoms with E-state index in [2.05, 4.69) is 0 Å². The van der Waals surface area contributed by atoms with Gasteiger partial charge in [0.25, 0.3) is 0 Å². The van der Waals surface area contributed by atoms with E-state index < -0.39 is 80.1 Å². The zero-order chi connectivity index (χ0) is 31.9. The summed E-state index contributed by atoms with van der Waals surface area (Å²) in [6.07, 6.45) is -16.4. The maximum absolute atomic E-state index is 12.7. The van der Waals surface area contributed by atoms with Gasteiger partial charge in [-0.15, -0.1) is 12.4 Å². The molecule has 16 nitrogen and oxygen atoms in total. The molecule has 5 rings (SSSR count). The SMILES string of the molecule is COc1cc(-c2oc3cc(=O)cc(O[C@@H]4O[C@H](CO)[C@@H](O)[C@H](O)[C@H]4O)c-3cc2O[C@@H]2O[C@H](CO)[C@@H](O)[C@H](O)[C@H]2O)ccc1O.Cl. The Hall–Kier alpha value is -3.26. The van der Waals surface area contributed by atoms with E-state index in [0.29, 0.717) is 0 Å². The van der Waals surface area contributed by atoms with Crippen LogP contribution in [0.4, 0.5) is 0 Å². The fourth-order valence-corrected chi connectivity index (χ4v) is 4.95. The lowest BCUT2D eigenvalue weighted by molar-refractivity contribution is -0.277. The second-order valence-electron chi connectivity index (χ2n) is 10.3. The number of rotatable bonds is 8. The number of phenolic OH excluding ortho intramolecular Hbond substituents is 1. The van der Waals surface area contributed by atoms with Crippen molar-refractivity contribution in [2.45, 2.75) is 61.4 Å². The highest BCUT2D eigenvalue weighted by atomic mass is 35.5. The van der Waals surface area contributed by atoms with Crippen molar-refractivity contribution >= 4 is 12.4 Å². The number of aliphatic hydroxyl groups is 8. The summed E-state index contributed by atoms with van der Waals surface area (Å²) in [5, 5.41) is 91.0. The van der Waals surface area contributed by atoms with Gasteiger partial charge < -0.3 is 74.1 Å². The number of phenols is 1. The number of benzene rings is 2. The molecule has 2 saturated heterocycles. The number of hydrogen-bond donors (Lipinski definition) is 9. The van der Waals surface area contributed by atoms with Gasteiger partial charge in [0.15, 0.2) is 28.4 Å². The third-order valence-electron chi connectivity index (χ3n) is 7.41. The summed E-state index contributed by atoms with van der Waals surface area (Å²) in [7, 11) is 1.31. The monoisotopic (exact) mass is 660 g/mol. The summed E-state index contributed by atoms with van der Waals surface area (Å²) in [6, 6.07) is 7.52. The van der Waals surface area contributed by atoms with Crippen LogP contribution in [0.25, 0.3) is 22.6 Å². The van der Waals surface area contributed by atoms with Gasteiger partial charge >= 0.3 is 0 Å². The second kappa shape index (κ2) is 14.0. The molecule has 0 spiro atoms. The van der Waals surface area contributed by atoms with E-state index in [1.807, 2.05) is 0 Å². The van der Waals surface area contributed by atoms with Gasteiger partial charge in [0, 0.05) is 17.7 Å². The molecule has 4 aliphatic rings. The molecule has 0 amide bonds. The van der Waals surface area contributed by atoms with Gasteiger partial charge in [-0.3, -0.25) is 4.79 Å². The van der Waals surface area contributed by atoms with E-state index in [4.69, 9.17) is 28.1 Å². The van der Waals surface area contributed by atoms with Crippen LogP contribution in [0.5, 0.6) is 23.0 Å². The molecule has 1 aromatic rings. The van der Waals surface area contributed by atoms with Gasteiger partial charge in [-0.2, -0.15) is 0 Å². The van der Waals surface area contributed by atoms with Gasteiger partial charge in [-0.05, 0) is 24.3 Å². The molecule has 0 aromatic heterocycles. The van der Waals surface area contributed by atoms with Crippen LogP contribution in [-0.4, -0.2) is 128 Å². The van der Waals surface area contributed by atoms with Gasteiger partial charge in [0.2, 0.25) is 12.6 Å². The first-order chi connectivity index (χ1) is 21.0. The predicted octanol–water partition coefficient (Wildman–Crippen LogP) is -2.09. The first-order valence-corrected chi connectivity index (χ1v) is 13.4. The van der Waals surface area contributed by atoms with Crippen molar-refractivity contribution in [1.82, 2.24) is 0 Å². The van der Waals surface area contributed by atoms with Crippen molar-refractivity contribution in [3.05, 3.63) is 46.6 Å². The smallest absolute Gasteiger partial charge is 0.229 e. The van der Waals surface area contributed by atoms with E-state index in [9.17, 15) is 50.8 Å². The minimum atomic E-state index is -1.81. The zero-order valence-electron chi connectivity index (χ0n) is 23.4. The number of fused-ring (bicyclic) bond motifs is 1. The number of halogens is 1. The predicted molar refractivity (Wildman–Crippen MR) is 151 cm³/mol. The van der Waals surface area contributed by atoms with Crippen LogP contribution in [0, 0.1) is 0 Å². The quantitative estimate of drug-likeness (QED) is 0.125. The van der Waals surface area contributed by atoms with Crippen molar-refractivity contribution < 1.29 is 74.1 Å². The summed E-state index contributed by atoms with van der Waals surface area (Å²) < 4.78 is 33.7. The van der Waals surface area contributed by atoms with Crippen LogP contribution >= 0.6 is 12.4 Å². The Kier molecular flexibility index (Phi) is 10.8. The molecule has 1 aromatic carbocycles. The fraction of sp³-hybridized carbons (Fsp3) is 0.464. The Bertz CT molecular complexity index is 1480. The standard InChI is InChI=1S/C28H32O16.ClH/c1-39-16-4-10(2-3-13(16)32)26-17(42-28-25(38)23(36)21(34)19(9-30)44-28)7-12-14(40-26)5-11(31)6-15(12)41-27-24(37)22(35)20(33)18(8-29)43-27;/h2-7,18-25,27-30,32-38H,8-9H2,1H3;1H/t18-,19-,20-,21-,22+,23+,24-,25-,27-,28-;/m1./s1. The van der Waals surface area contributed by atoms with Gasteiger partial charge in [0.05, 0.1) is 25.9 Å². The molecule has 1 aliphatic carbocycles. The molecule has 10 atom stereocenters. The molecule has 3 aliphatic heterocycles. The highest BCUT2D eigenvalue weighted by molar-refractivity contribution is 5.85. The number of ether oxygens (including phenoxy) is 5. The van der Waals surface area contributed by atoms with Crippen molar-refractivity contribution in [3.63, 3.8) is 0 Å². The Morgan fingerprint density at radius 2 is 1.27 bits per heavy atom. The van der Waals surface area contributed by atoms with Crippen LogP contribution in [-0.2, 0) is 9.47 Å². The molecule has 0 unspecified atom stereocenters. The highest BCUT2D eigenvalue weighted by Gasteiger charge is 2.46. The molecule has 248 valence electrons. The van der Waals surface area contributed by atoms with Crippen LogP contribution in [0.15, 0.2) is 45.6 Å². The molecule has 2 fully saturated rings. The van der Waals surface area contributed by atoms with Crippen molar-refractivity contribution in [3.8, 4) is 45.6 Å². The fourth-order valence-electron chi connectivity index (χ4n) is 4.95. The van der Waals surface area contributed by atoms with E-state index in [1.165, 1.54) is 31.4 Å². The maximum atomic E-state index is 12.7. The summed E-state index contributed by atoms with van der Waals surface area (Å²) in [5.41, 5.74) is -0.331.